The summed E-state index contributed by atoms with van der Waals surface area (Å²) in [6.07, 6.45) is 7.40. The third-order valence-electron chi connectivity index (χ3n) is 5.21. The van der Waals surface area contributed by atoms with Gasteiger partial charge in [-0.3, -0.25) is 9.67 Å². The Morgan fingerprint density at radius 1 is 1.26 bits per heavy atom. The second-order valence-corrected chi connectivity index (χ2v) is 9.22. The fourth-order valence-electron chi connectivity index (χ4n) is 3.65. The highest BCUT2D eigenvalue weighted by Crippen LogP contribution is 2.20. The zero-order valence-electron chi connectivity index (χ0n) is 19.9. The second-order valence-electron chi connectivity index (χ2n) is 9.22. The maximum Gasteiger partial charge on any atom is 0.407 e. The summed E-state index contributed by atoms with van der Waals surface area (Å²) in [4.78, 5) is 18.5. The number of guanidine groups is 1. The van der Waals surface area contributed by atoms with E-state index in [0.717, 1.165) is 38.2 Å². The molecule has 0 radical (unpaired) electrons. The first-order chi connectivity index (χ1) is 14.1. The Balaban J connectivity index is 0.00000480. The van der Waals surface area contributed by atoms with Crippen LogP contribution in [0.5, 0.6) is 0 Å². The Kier molecular flexibility index (Phi) is 11.1. The van der Waals surface area contributed by atoms with Crippen molar-refractivity contribution in [1.82, 2.24) is 30.6 Å². The Bertz CT molecular complexity index is 707. The van der Waals surface area contributed by atoms with E-state index in [1.165, 1.54) is 5.56 Å². The van der Waals surface area contributed by atoms with Crippen LogP contribution in [-0.2, 0) is 11.8 Å². The quantitative estimate of drug-likeness (QED) is 0.287. The molecule has 0 spiro atoms. The lowest BCUT2D eigenvalue weighted by molar-refractivity contribution is 0.0490. The average molecular weight is 550 g/mol. The molecule has 3 N–H and O–H groups in total. The molecule has 1 aromatic heterocycles. The summed E-state index contributed by atoms with van der Waals surface area (Å²) in [5.41, 5.74) is 0.695. The standard InChI is InChI=1S/C21H39N7O2.HI/c1-21(2,3)30-20(29)26-17-10-8-16(9-11-17)25-19(22-4)23-13-18(27(5)6)15-12-24-28(7)14-15;/h12,14,16-18H,8-11,13H2,1-7H3,(H,26,29)(H2,22,23,25);1H. The fourth-order valence-corrected chi connectivity index (χ4v) is 3.65. The maximum absolute atomic E-state index is 12.0. The number of hydrogen-bond donors (Lipinski definition) is 3. The molecule has 9 nitrogen and oxygen atoms in total. The van der Waals surface area contributed by atoms with Gasteiger partial charge in [-0.15, -0.1) is 24.0 Å². The lowest BCUT2D eigenvalue weighted by Gasteiger charge is -2.32. The van der Waals surface area contributed by atoms with Gasteiger partial charge in [0.25, 0.3) is 0 Å². The number of likely N-dealkylation sites (N-methyl/N-ethyl adjacent to an activating group) is 1. The van der Waals surface area contributed by atoms with E-state index in [2.05, 4.69) is 45.0 Å². The smallest absolute Gasteiger partial charge is 0.407 e. The van der Waals surface area contributed by atoms with Crippen LogP contribution in [0.25, 0.3) is 0 Å². The second kappa shape index (κ2) is 12.5. The van der Waals surface area contributed by atoms with Gasteiger partial charge in [-0.25, -0.2) is 4.79 Å². The lowest BCUT2D eigenvalue weighted by Crippen LogP contribution is -2.49. The zero-order valence-corrected chi connectivity index (χ0v) is 22.3. The predicted molar refractivity (Wildman–Crippen MR) is 135 cm³/mol. The summed E-state index contributed by atoms with van der Waals surface area (Å²) < 4.78 is 7.18. The molecule has 0 aliphatic heterocycles. The molecule has 1 saturated carbocycles. The number of hydrogen-bond acceptors (Lipinski definition) is 5. The molecular weight excluding hydrogens is 509 g/mol. The SMILES string of the molecule is CN=C(NCC(c1cnn(C)c1)N(C)C)NC1CCC(NC(=O)OC(C)(C)C)CC1.I. The number of ether oxygens (including phenoxy) is 1. The number of aromatic nitrogens is 2. The van der Waals surface area contributed by atoms with Gasteiger partial charge >= 0.3 is 6.09 Å². The molecule has 0 bridgehead atoms. The van der Waals surface area contributed by atoms with Crippen LogP contribution in [0.3, 0.4) is 0 Å². The van der Waals surface area contributed by atoms with Crippen LogP contribution in [0.2, 0.25) is 0 Å². The van der Waals surface area contributed by atoms with Crippen molar-refractivity contribution < 1.29 is 9.53 Å². The van der Waals surface area contributed by atoms with Crippen LogP contribution in [-0.4, -0.2) is 72.1 Å². The van der Waals surface area contributed by atoms with E-state index in [4.69, 9.17) is 4.74 Å². The maximum atomic E-state index is 12.0. The lowest BCUT2D eigenvalue weighted by atomic mass is 9.91. The monoisotopic (exact) mass is 549 g/mol. The molecule has 1 aliphatic carbocycles. The number of halogens is 1. The molecule has 178 valence electrons. The summed E-state index contributed by atoms with van der Waals surface area (Å²) in [6, 6.07) is 0.701. The first-order valence-electron chi connectivity index (χ1n) is 10.7. The summed E-state index contributed by atoms with van der Waals surface area (Å²) in [5, 5.41) is 14.2. The van der Waals surface area contributed by atoms with E-state index in [0.29, 0.717) is 6.04 Å². The zero-order chi connectivity index (χ0) is 22.3. The third-order valence-corrected chi connectivity index (χ3v) is 5.21. The Hall–Kier alpha value is -1.56. The Morgan fingerprint density at radius 2 is 1.84 bits per heavy atom. The number of aryl methyl sites for hydroxylation is 1. The molecule has 31 heavy (non-hydrogen) atoms. The fraction of sp³-hybridized carbons (Fsp3) is 0.762. The molecule has 1 aromatic rings. The van der Waals surface area contributed by atoms with Crippen molar-refractivity contribution in [3.63, 3.8) is 0 Å². The van der Waals surface area contributed by atoms with Crippen LogP contribution >= 0.6 is 24.0 Å². The van der Waals surface area contributed by atoms with E-state index in [9.17, 15) is 4.79 Å². The van der Waals surface area contributed by atoms with Gasteiger partial charge in [0, 0.05) is 44.5 Å². The van der Waals surface area contributed by atoms with Crippen LogP contribution in [0.1, 0.15) is 58.1 Å². The van der Waals surface area contributed by atoms with Crippen molar-refractivity contribution in [1.29, 1.82) is 0 Å². The molecule has 1 heterocycles. The number of amides is 1. The normalized spacial score (nSPS) is 20.6. The molecule has 2 rings (SSSR count). The molecule has 1 fully saturated rings. The van der Waals surface area contributed by atoms with Gasteiger partial charge in [0.1, 0.15) is 5.60 Å². The molecule has 1 atom stereocenters. The summed E-state index contributed by atoms with van der Waals surface area (Å²) in [7, 11) is 7.85. The first-order valence-corrected chi connectivity index (χ1v) is 10.7. The molecular formula is C21H40IN7O2. The number of carbonyl (C=O) groups is 1. The van der Waals surface area contributed by atoms with Crippen LogP contribution in [0, 0.1) is 0 Å². The highest BCUT2D eigenvalue weighted by molar-refractivity contribution is 14.0. The van der Waals surface area contributed by atoms with Gasteiger partial charge in [-0.1, -0.05) is 0 Å². The van der Waals surface area contributed by atoms with Crippen molar-refractivity contribution in [2.24, 2.45) is 12.0 Å². The van der Waals surface area contributed by atoms with Gasteiger partial charge in [-0.05, 0) is 60.5 Å². The van der Waals surface area contributed by atoms with Gasteiger partial charge in [-0.2, -0.15) is 5.10 Å². The Labute approximate surface area is 203 Å². The molecule has 0 aromatic carbocycles. The summed E-state index contributed by atoms with van der Waals surface area (Å²) >= 11 is 0. The predicted octanol–water partition coefficient (Wildman–Crippen LogP) is 2.64. The molecule has 1 unspecified atom stereocenters. The third kappa shape index (κ3) is 9.63. The van der Waals surface area contributed by atoms with Gasteiger partial charge in [0.15, 0.2) is 5.96 Å². The van der Waals surface area contributed by atoms with Gasteiger partial charge < -0.3 is 25.6 Å². The van der Waals surface area contributed by atoms with Crippen molar-refractivity contribution in [3.8, 4) is 0 Å². The molecule has 1 amide bonds. The van der Waals surface area contributed by atoms with Crippen LogP contribution in [0.4, 0.5) is 4.79 Å². The first kappa shape index (κ1) is 27.5. The van der Waals surface area contributed by atoms with E-state index in [1.807, 2.05) is 44.9 Å². The summed E-state index contributed by atoms with van der Waals surface area (Å²) in [5.74, 6) is 0.800. The van der Waals surface area contributed by atoms with Crippen LogP contribution < -0.4 is 16.0 Å². The number of rotatable bonds is 6. The summed E-state index contributed by atoms with van der Waals surface area (Å²) in [6.45, 7) is 6.36. The van der Waals surface area contributed by atoms with Crippen molar-refractivity contribution in [3.05, 3.63) is 18.0 Å². The highest BCUT2D eigenvalue weighted by atomic mass is 127. The highest BCUT2D eigenvalue weighted by Gasteiger charge is 2.25. The minimum Gasteiger partial charge on any atom is -0.444 e. The number of nitrogens with zero attached hydrogens (tertiary/aromatic N) is 4. The van der Waals surface area contributed by atoms with Crippen LogP contribution in [0.15, 0.2) is 17.4 Å². The largest absolute Gasteiger partial charge is 0.444 e. The van der Waals surface area contributed by atoms with Crippen molar-refractivity contribution in [2.75, 3.05) is 27.7 Å². The average Bonchev–Trinajstić information content (AvgIpc) is 3.06. The van der Waals surface area contributed by atoms with Crippen molar-refractivity contribution in [2.45, 2.75) is 70.2 Å². The Morgan fingerprint density at radius 3 is 2.29 bits per heavy atom. The van der Waals surface area contributed by atoms with Gasteiger partial charge in [0.05, 0.1) is 12.2 Å². The topological polar surface area (TPSA) is 95.8 Å². The van der Waals surface area contributed by atoms with E-state index in [-0.39, 0.29) is 42.2 Å². The van der Waals surface area contributed by atoms with Crippen molar-refractivity contribution >= 4 is 36.0 Å². The van der Waals surface area contributed by atoms with E-state index in [1.54, 1.807) is 7.05 Å². The molecule has 1 aliphatic rings. The number of nitrogens with one attached hydrogen (secondary N) is 3. The molecule has 10 heteroatoms. The molecule has 0 saturated heterocycles. The van der Waals surface area contributed by atoms with Gasteiger partial charge in [0.2, 0.25) is 0 Å². The number of carbonyl (C=O) groups excluding carboxylic acids is 1. The van der Waals surface area contributed by atoms with E-state index < -0.39 is 5.60 Å². The number of alkyl carbamates (subject to hydrolysis) is 1. The minimum atomic E-state index is -0.471. The minimum absolute atomic E-state index is 0. The van der Waals surface area contributed by atoms with E-state index >= 15 is 0 Å². The number of aliphatic imine (C=N–C) groups is 1.